The molecule has 0 unspecified atom stereocenters. The predicted molar refractivity (Wildman–Crippen MR) is 171 cm³/mol. The third-order valence-corrected chi connectivity index (χ3v) is 6.85. The molecule has 5 heterocycles. The fourth-order valence-electron chi connectivity index (χ4n) is 4.60. The molecule has 0 amide bonds. The normalized spacial score (nSPS) is 11.6. The fourth-order valence-corrected chi connectivity index (χ4v) is 4.60. The van der Waals surface area contributed by atoms with Crippen molar-refractivity contribution >= 4 is 0 Å². The van der Waals surface area contributed by atoms with Gasteiger partial charge in [-0.05, 0) is 104 Å². The maximum absolute atomic E-state index is 6.09. The number of nitrogens with one attached hydrogen (secondary N) is 2. The minimum absolute atomic E-state index is 0.446. The molecule has 5 aromatic rings. The number of nitrogens with zero attached hydrogens (tertiary/aromatic N) is 7. The number of hydrogen-bond donors (Lipinski definition) is 2. The van der Waals surface area contributed by atoms with E-state index in [1.54, 1.807) is 12.4 Å². The summed E-state index contributed by atoms with van der Waals surface area (Å²) in [6, 6.07) is 17.4. The minimum Gasteiger partial charge on any atom is -0.433 e. The molecule has 0 saturated carbocycles. The zero-order valence-electron chi connectivity index (χ0n) is 26.0. The molecule has 0 bridgehead atoms. The topological polar surface area (TPSA) is 121 Å². The zero-order chi connectivity index (χ0) is 30.7. The summed E-state index contributed by atoms with van der Waals surface area (Å²) in [5.41, 5.74) is 4.50. The van der Waals surface area contributed by atoms with Gasteiger partial charge in [-0.15, -0.1) is 0 Å². The van der Waals surface area contributed by atoms with E-state index in [-0.39, 0.29) is 0 Å². The van der Waals surface area contributed by atoms with Crippen LogP contribution < -0.4 is 10.6 Å². The van der Waals surface area contributed by atoms with Crippen LogP contribution in [-0.2, 0) is 13.1 Å². The van der Waals surface area contributed by atoms with Crippen molar-refractivity contribution in [3.8, 4) is 46.1 Å². The summed E-state index contributed by atoms with van der Waals surface area (Å²) < 4.78 is 12.2. The number of oxazole rings is 2. The third-order valence-electron chi connectivity index (χ3n) is 6.85. The summed E-state index contributed by atoms with van der Waals surface area (Å²) in [7, 11) is 8.33. The lowest BCUT2D eigenvalue weighted by Gasteiger charge is -2.09. The van der Waals surface area contributed by atoms with Gasteiger partial charge in [0, 0.05) is 13.1 Å². The molecule has 2 N–H and O–H groups in total. The Morgan fingerprint density at radius 3 is 1.45 bits per heavy atom. The molecule has 11 nitrogen and oxygen atoms in total. The highest BCUT2D eigenvalue weighted by Gasteiger charge is 2.15. The van der Waals surface area contributed by atoms with Crippen LogP contribution in [0.15, 0.2) is 75.8 Å². The van der Waals surface area contributed by atoms with Crippen molar-refractivity contribution in [3.05, 3.63) is 78.4 Å². The Labute approximate surface area is 258 Å². The van der Waals surface area contributed by atoms with E-state index in [2.05, 4.69) is 58.6 Å². The molecule has 5 rings (SSSR count). The standard InChI is InChI=1S/C33H41N9O2/c1-41(2)18-8-16-34-20-24-10-5-14-28(38-24)32-36-22-30(43-32)26-12-7-13-27(40-26)31-23-37-33(44-31)29-15-6-11-25(39-29)21-35-17-9-19-42(3)4/h5-7,10-15,22-23,34-35H,8-9,16-21H2,1-4H3. The van der Waals surface area contributed by atoms with Crippen molar-refractivity contribution in [2.24, 2.45) is 0 Å². The van der Waals surface area contributed by atoms with Gasteiger partial charge < -0.3 is 29.3 Å². The van der Waals surface area contributed by atoms with E-state index in [4.69, 9.17) is 23.8 Å². The first-order valence-electron chi connectivity index (χ1n) is 15.0. The van der Waals surface area contributed by atoms with Crippen molar-refractivity contribution < 1.29 is 8.83 Å². The van der Waals surface area contributed by atoms with Crippen molar-refractivity contribution in [1.82, 2.24) is 45.4 Å². The number of aromatic nitrogens is 5. The molecular weight excluding hydrogens is 554 g/mol. The summed E-state index contributed by atoms with van der Waals surface area (Å²) in [6.07, 6.45) is 5.50. The Morgan fingerprint density at radius 2 is 1.00 bits per heavy atom. The molecule has 0 aliphatic carbocycles. The van der Waals surface area contributed by atoms with Gasteiger partial charge in [-0.3, -0.25) is 0 Å². The number of pyridine rings is 3. The van der Waals surface area contributed by atoms with Crippen LogP contribution in [0.2, 0.25) is 0 Å². The van der Waals surface area contributed by atoms with Crippen molar-refractivity contribution in [3.63, 3.8) is 0 Å². The quantitative estimate of drug-likeness (QED) is 0.156. The molecule has 0 aromatic carbocycles. The van der Waals surface area contributed by atoms with Gasteiger partial charge in [-0.1, -0.05) is 18.2 Å². The molecular formula is C33H41N9O2. The highest BCUT2D eigenvalue weighted by atomic mass is 16.4. The lowest BCUT2D eigenvalue weighted by Crippen LogP contribution is -2.21. The molecule has 0 spiro atoms. The third kappa shape index (κ3) is 8.87. The van der Waals surface area contributed by atoms with E-state index < -0.39 is 0 Å². The molecule has 5 aromatic heterocycles. The van der Waals surface area contributed by atoms with E-state index in [1.807, 2.05) is 54.6 Å². The van der Waals surface area contributed by atoms with Gasteiger partial charge in [-0.25, -0.2) is 24.9 Å². The predicted octanol–water partition coefficient (Wildman–Crippen LogP) is 4.60. The zero-order valence-corrected chi connectivity index (χ0v) is 26.0. The van der Waals surface area contributed by atoms with Gasteiger partial charge in [0.1, 0.15) is 22.8 Å². The largest absolute Gasteiger partial charge is 0.433 e. The SMILES string of the molecule is CN(C)CCCNCc1cccc(-c2ncc(-c3cccc(-c4cnc(-c5cccc(CNCCCN(C)C)n5)o4)n3)o2)n1. The van der Waals surface area contributed by atoms with Gasteiger partial charge in [0.15, 0.2) is 11.5 Å². The average Bonchev–Trinajstić information content (AvgIpc) is 3.72. The molecule has 0 radical (unpaired) electrons. The summed E-state index contributed by atoms with van der Waals surface area (Å²) in [5.74, 6) is 1.98. The summed E-state index contributed by atoms with van der Waals surface area (Å²) >= 11 is 0. The van der Waals surface area contributed by atoms with Crippen LogP contribution in [0.5, 0.6) is 0 Å². The first-order chi connectivity index (χ1) is 21.4. The Hall–Kier alpha value is -4.29. The van der Waals surface area contributed by atoms with E-state index >= 15 is 0 Å². The lowest BCUT2D eigenvalue weighted by molar-refractivity contribution is 0.394. The molecule has 0 fully saturated rings. The van der Waals surface area contributed by atoms with Crippen molar-refractivity contribution in [1.29, 1.82) is 0 Å². The smallest absolute Gasteiger partial charge is 0.245 e. The Balaban J connectivity index is 1.22. The van der Waals surface area contributed by atoms with Crippen LogP contribution in [-0.4, -0.2) is 89.1 Å². The van der Waals surface area contributed by atoms with Crippen LogP contribution in [0.1, 0.15) is 24.2 Å². The van der Waals surface area contributed by atoms with Gasteiger partial charge in [0.25, 0.3) is 0 Å². The summed E-state index contributed by atoms with van der Waals surface area (Å²) in [6.45, 7) is 5.33. The minimum atomic E-state index is 0.446. The van der Waals surface area contributed by atoms with Crippen molar-refractivity contribution in [2.45, 2.75) is 25.9 Å². The van der Waals surface area contributed by atoms with Crippen LogP contribution in [0.4, 0.5) is 0 Å². The van der Waals surface area contributed by atoms with Crippen LogP contribution in [0.3, 0.4) is 0 Å². The fraction of sp³-hybridized carbons (Fsp3) is 0.364. The Kier molecular flexibility index (Phi) is 10.9. The first kappa shape index (κ1) is 31.1. The first-order valence-corrected chi connectivity index (χ1v) is 15.0. The number of hydrogen-bond acceptors (Lipinski definition) is 11. The molecule has 44 heavy (non-hydrogen) atoms. The monoisotopic (exact) mass is 595 g/mol. The lowest BCUT2D eigenvalue weighted by atomic mass is 10.2. The second-order valence-corrected chi connectivity index (χ2v) is 11.2. The summed E-state index contributed by atoms with van der Waals surface area (Å²) in [4.78, 5) is 27.6. The highest BCUT2D eigenvalue weighted by Crippen LogP contribution is 2.28. The molecule has 0 saturated heterocycles. The Morgan fingerprint density at radius 1 is 0.568 bits per heavy atom. The Bertz CT molecular complexity index is 1500. The molecule has 0 aliphatic rings. The maximum atomic E-state index is 6.09. The van der Waals surface area contributed by atoms with Crippen LogP contribution in [0.25, 0.3) is 46.1 Å². The van der Waals surface area contributed by atoms with Crippen LogP contribution in [0, 0.1) is 0 Å². The van der Waals surface area contributed by atoms with E-state index in [0.717, 1.165) is 50.4 Å². The average molecular weight is 596 g/mol. The van der Waals surface area contributed by atoms with Crippen molar-refractivity contribution in [2.75, 3.05) is 54.4 Å². The number of rotatable bonds is 16. The van der Waals surface area contributed by atoms with Crippen LogP contribution >= 0.6 is 0 Å². The molecule has 0 aliphatic heterocycles. The second kappa shape index (κ2) is 15.4. The van der Waals surface area contributed by atoms with E-state index in [9.17, 15) is 0 Å². The maximum Gasteiger partial charge on any atom is 0.245 e. The van der Waals surface area contributed by atoms with Gasteiger partial charge >= 0.3 is 0 Å². The van der Waals surface area contributed by atoms with Gasteiger partial charge in [0.05, 0.1) is 23.8 Å². The second-order valence-electron chi connectivity index (χ2n) is 11.2. The van der Waals surface area contributed by atoms with Gasteiger partial charge in [-0.2, -0.15) is 0 Å². The van der Waals surface area contributed by atoms with E-state index in [1.165, 1.54) is 0 Å². The molecule has 0 atom stereocenters. The molecule has 11 heteroatoms. The molecule has 230 valence electrons. The highest BCUT2D eigenvalue weighted by molar-refractivity contribution is 5.62. The van der Waals surface area contributed by atoms with E-state index in [0.29, 0.717) is 59.2 Å². The summed E-state index contributed by atoms with van der Waals surface area (Å²) in [5, 5.41) is 6.89. The van der Waals surface area contributed by atoms with Gasteiger partial charge in [0.2, 0.25) is 11.8 Å².